The lowest BCUT2D eigenvalue weighted by Crippen LogP contribution is -2.45. The fourth-order valence-electron chi connectivity index (χ4n) is 3.82. The van der Waals surface area contributed by atoms with E-state index in [4.69, 9.17) is 0 Å². The van der Waals surface area contributed by atoms with E-state index >= 15 is 0 Å². The van der Waals surface area contributed by atoms with Crippen LogP contribution in [-0.2, 0) is 11.3 Å². The van der Waals surface area contributed by atoms with Gasteiger partial charge in [-0.05, 0) is 37.0 Å². The van der Waals surface area contributed by atoms with E-state index in [2.05, 4.69) is 15.2 Å². The number of aryl methyl sites for hydroxylation is 1. The Balaban J connectivity index is 1.50. The number of piperidine rings is 1. The number of aliphatic hydroxyl groups excluding tert-OH is 1. The van der Waals surface area contributed by atoms with Crippen LogP contribution in [-0.4, -0.2) is 44.5 Å². The largest absolute Gasteiger partial charge is 0.393 e. The maximum Gasteiger partial charge on any atom is 0.242 e. The van der Waals surface area contributed by atoms with Gasteiger partial charge < -0.3 is 14.8 Å². The van der Waals surface area contributed by atoms with Gasteiger partial charge in [0.1, 0.15) is 11.7 Å². The van der Waals surface area contributed by atoms with Gasteiger partial charge in [0.2, 0.25) is 5.91 Å². The molecular formula is C22H26N4O2. The summed E-state index contributed by atoms with van der Waals surface area (Å²) in [5.41, 5.74) is 3.85. The van der Waals surface area contributed by atoms with E-state index in [9.17, 15) is 9.90 Å². The molecule has 146 valence electrons. The molecule has 28 heavy (non-hydrogen) atoms. The number of hydrogen-bond donors (Lipinski definition) is 2. The second-order valence-electron chi connectivity index (χ2n) is 7.50. The van der Waals surface area contributed by atoms with Gasteiger partial charge in [-0.15, -0.1) is 0 Å². The number of imidazole rings is 1. The molecule has 4 rings (SSSR count). The highest BCUT2D eigenvalue weighted by molar-refractivity contribution is 5.83. The summed E-state index contributed by atoms with van der Waals surface area (Å²) < 4.78 is 1.98. The molecule has 6 nitrogen and oxygen atoms in total. The van der Waals surface area contributed by atoms with Gasteiger partial charge in [-0.2, -0.15) is 0 Å². The first-order valence-electron chi connectivity index (χ1n) is 9.79. The first kappa shape index (κ1) is 18.7. The zero-order chi connectivity index (χ0) is 19.5. The summed E-state index contributed by atoms with van der Waals surface area (Å²) >= 11 is 0. The van der Waals surface area contributed by atoms with Gasteiger partial charge in [0, 0.05) is 25.5 Å². The van der Waals surface area contributed by atoms with Crippen molar-refractivity contribution in [1.82, 2.24) is 19.6 Å². The first-order valence-corrected chi connectivity index (χ1v) is 9.79. The molecule has 1 aromatic carbocycles. The molecular weight excluding hydrogens is 352 g/mol. The second kappa shape index (κ2) is 8.12. The van der Waals surface area contributed by atoms with E-state index in [1.807, 2.05) is 66.2 Å². The number of amides is 1. The van der Waals surface area contributed by atoms with Crippen molar-refractivity contribution in [3.63, 3.8) is 0 Å². The molecule has 1 aliphatic rings. The number of nitrogens with one attached hydrogen (secondary N) is 1. The Morgan fingerprint density at radius 3 is 2.68 bits per heavy atom. The molecule has 6 heteroatoms. The number of rotatable bonds is 5. The van der Waals surface area contributed by atoms with Crippen molar-refractivity contribution < 1.29 is 9.90 Å². The lowest BCUT2D eigenvalue weighted by atomic mass is 10.00. The number of pyridine rings is 1. The fraction of sp³-hybridized carbons (Fsp3) is 0.364. The zero-order valence-electron chi connectivity index (χ0n) is 16.1. The predicted octanol–water partition coefficient (Wildman–Crippen LogP) is 2.46. The molecule has 2 aromatic heterocycles. The molecule has 3 heterocycles. The highest BCUT2D eigenvalue weighted by Gasteiger charge is 2.30. The third-order valence-corrected chi connectivity index (χ3v) is 5.32. The predicted molar refractivity (Wildman–Crippen MR) is 108 cm³/mol. The summed E-state index contributed by atoms with van der Waals surface area (Å²) in [7, 11) is 0. The molecule has 0 bridgehead atoms. The summed E-state index contributed by atoms with van der Waals surface area (Å²) in [6, 6.07) is 13.5. The Labute approximate surface area is 164 Å². The van der Waals surface area contributed by atoms with E-state index in [1.165, 1.54) is 0 Å². The number of fused-ring (bicyclic) bond motifs is 1. The van der Waals surface area contributed by atoms with Crippen LogP contribution < -0.4 is 5.32 Å². The lowest BCUT2D eigenvalue weighted by Gasteiger charge is -2.35. The van der Waals surface area contributed by atoms with Crippen LogP contribution in [0.3, 0.4) is 0 Å². The third-order valence-electron chi connectivity index (χ3n) is 5.32. The van der Waals surface area contributed by atoms with Crippen molar-refractivity contribution >= 4 is 11.6 Å². The van der Waals surface area contributed by atoms with Crippen LogP contribution in [0.1, 0.15) is 35.7 Å². The Morgan fingerprint density at radius 2 is 1.93 bits per heavy atom. The Hall–Kier alpha value is -2.70. The molecule has 0 saturated carbocycles. The smallest absolute Gasteiger partial charge is 0.242 e. The minimum Gasteiger partial charge on any atom is -0.393 e. The summed E-state index contributed by atoms with van der Waals surface area (Å²) in [6.45, 7) is 3.85. The molecule has 1 saturated heterocycles. The summed E-state index contributed by atoms with van der Waals surface area (Å²) in [6.07, 6.45) is 5.11. The highest BCUT2D eigenvalue weighted by atomic mass is 16.3. The second-order valence-corrected chi connectivity index (χ2v) is 7.50. The Kier molecular flexibility index (Phi) is 5.41. The maximum absolute atomic E-state index is 13.1. The van der Waals surface area contributed by atoms with Gasteiger partial charge in [-0.3, -0.25) is 9.69 Å². The average molecular weight is 378 g/mol. The van der Waals surface area contributed by atoms with E-state index in [0.29, 0.717) is 32.5 Å². The van der Waals surface area contributed by atoms with Crippen molar-refractivity contribution in [2.75, 3.05) is 13.1 Å². The maximum atomic E-state index is 13.1. The number of likely N-dealkylation sites (tertiary alicyclic amines) is 1. The SMILES string of the molecule is Cc1ccc2nc(CNC(=O)C(c3ccccc3)N3CCC(O)CC3)cn2c1. The topological polar surface area (TPSA) is 69.9 Å². The van der Waals surface area contributed by atoms with E-state index < -0.39 is 0 Å². The summed E-state index contributed by atoms with van der Waals surface area (Å²) in [4.78, 5) is 19.9. The number of carbonyl (C=O) groups is 1. The Bertz CT molecular complexity index is 946. The lowest BCUT2D eigenvalue weighted by molar-refractivity contribution is -0.127. The van der Waals surface area contributed by atoms with Crippen LogP contribution in [0.25, 0.3) is 5.65 Å². The number of carbonyl (C=O) groups excluding carboxylic acids is 1. The van der Waals surface area contributed by atoms with Crippen LogP contribution in [0.2, 0.25) is 0 Å². The number of hydrogen-bond acceptors (Lipinski definition) is 4. The van der Waals surface area contributed by atoms with Crippen molar-refractivity contribution in [3.8, 4) is 0 Å². The Morgan fingerprint density at radius 1 is 1.18 bits per heavy atom. The standard InChI is InChI=1S/C22H26N4O2/c1-16-7-8-20-24-18(15-26(20)14-16)13-23-22(28)21(17-5-3-2-4-6-17)25-11-9-19(27)10-12-25/h2-8,14-15,19,21,27H,9-13H2,1H3,(H,23,28). The van der Waals surface area contributed by atoms with E-state index in [0.717, 1.165) is 22.5 Å². The van der Waals surface area contributed by atoms with Crippen LogP contribution in [0.4, 0.5) is 0 Å². The van der Waals surface area contributed by atoms with E-state index in [1.54, 1.807) is 0 Å². The number of aliphatic hydroxyl groups is 1. The van der Waals surface area contributed by atoms with Gasteiger partial charge in [0.15, 0.2) is 0 Å². The van der Waals surface area contributed by atoms with Crippen LogP contribution in [0, 0.1) is 6.92 Å². The molecule has 0 aliphatic carbocycles. The van der Waals surface area contributed by atoms with Crippen molar-refractivity contribution in [2.45, 2.75) is 38.5 Å². The van der Waals surface area contributed by atoms with Gasteiger partial charge >= 0.3 is 0 Å². The molecule has 1 atom stereocenters. The molecule has 1 amide bonds. The van der Waals surface area contributed by atoms with E-state index in [-0.39, 0.29) is 18.1 Å². The molecule has 1 aliphatic heterocycles. The quantitative estimate of drug-likeness (QED) is 0.716. The minimum absolute atomic E-state index is 0.0316. The van der Waals surface area contributed by atoms with Crippen molar-refractivity contribution in [3.05, 3.63) is 71.7 Å². The van der Waals surface area contributed by atoms with Crippen LogP contribution >= 0.6 is 0 Å². The minimum atomic E-state index is -0.354. The highest BCUT2D eigenvalue weighted by Crippen LogP contribution is 2.25. The number of benzene rings is 1. The molecule has 0 radical (unpaired) electrons. The van der Waals surface area contributed by atoms with Crippen LogP contribution in [0.15, 0.2) is 54.9 Å². The third kappa shape index (κ3) is 4.08. The average Bonchev–Trinajstić information content (AvgIpc) is 3.11. The number of nitrogens with zero attached hydrogens (tertiary/aromatic N) is 3. The molecule has 0 spiro atoms. The van der Waals surface area contributed by atoms with Gasteiger partial charge in [-0.25, -0.2) is 4.98 Å². The monoisotopic (exact) mass is 378 g/mol. The van der Waals surface area contributed by atoms with Gasteiger partial charge in [-0.1, -0.05) is 36.4 Å². The normalized spacial score (nSPS) is 16.9. The molecule has 1 unspecified atom stereocenters. The summed E-state index contributed by atoms with van der Waals surface area (Å²) in [5.74, 6) is -0.0316. The molecule has 3 aromatic rings. The first-order chi connectivity index (χ1) is 13.6. The van der Waals surface area contributed by atoms with Crippen LogP contribution in [0.5, 0.6) is 0 Å². The molecule has 1 fully saturated rings. The number of aromatic nitrogens is 2. The van der Waals surface area contributed by atoms with Crippen molar-refractivity contribution in [2.24, 2.45) is 0 Å². The fourth-order valence-corrected chi connectivity index (χ4v) is 3.82. The van der Waals surface area contributed by atoms with Gasteiger partial charge in [0.05, 0.1) is 18.3 Å². The van der Waals surface area contributed by atoms with Gasteiger partial charge in [0.25, 0.3) is 0 Å². The summed E-state index contributed by atoms with van der Waals surface area (Å²) in [5, 5.41) is 12.9. The zero-order valence-corrected chi connectivity index (χ0v) is 16.1. The molecule has 2 N–H and O–H groups in total. The van der Waals surface area contributed by atoms with Crippen molar-refractivity contribution in [1.29, 1.82) is 0 Å².